The van der Waals surface area contributed by atoms with Gasteiger partial charge < -0.3 is 0 Å². The zero-order chi connectivity index (χ0) is 22.2. The fourth-order valence-corrected chi connectivity index (χ4v) is 5.54. The first-order valence-electron chi connectivity index (χ1n) is 10.3. The highest BCUT2D eigenvalue weighted by Gasteiger charge is 2.30. The van der Waals surface area contributed by atoms with Crippen LogP contribution in [0, 0.1) is 25.6 Å². The van der Waals surface area contributed by atoms with Crippen molar-refractivity contribution >= 4 is 10.0 Å². The number of hydrogen-bond acceptors (Lipinski definition) is 4. The van der Waals surface area contributed by atoms with Gasteiger partial charge in [-0.1, -0.05) is 18.2 Å². The third-order valence-electron chi connectivity index (χ3n) is 6.00. The molecule has 0 amide bonds. The van der Waals surface area contributed by atoms with E-state index in [1.54, 1.807) is 24.3 Å². The van der Waals surface area contributed by atoms with Crippen LogP contribution in [-0.2, 0) is 16.4 Å². The van der Waals surface area contributed by atoms with E-state index in [4.69, 9.17) is 0 Å². The first-order chi connectivity index (χ1) is 14.8. The van der Waals surface area contributed by atoms with E-state index in [1.165, 1.54) is 21.0 Å². The van der Waals surface area contributed by atoms with Gasteiger partial charge in [0.25, 0.3) is 0 Å². The quantitative estimate of drug-likeness (QED) is 0.655. The van der Waals surface area contributed by atoms with Crippen LogP contribution in [0.3, 0.4) is 0 Å². The van der Waals surface area contributed by atoms with Crippen molar-refractivity contribution in [2.24, 2.45) is 5.92 Å². The van der Waals surface area contributed by atoms with E-state index >= 15 is 0 Å². The molecule has 1 aromatic heterocycles. The molecule has 0 spiro atoms. The number of aromatic amines is 1. The van der Waals surface area contributed by atoms with Gasteiger partial charge in [-0.05, 0) is 68.0 Å². The van der Waals surface area contributed by atoms with Crippen LogP contribution < -0.4 is 5.69 Å². The van der Waals surface area contributed by atoms with Crippen LogP contribution in [0.25, 0.3) is 5.69 Å². The highest BCUT2D eigenvalue weighted by atomic mass is 32.2. The van der Waals surface area contributed by atoms with E-state index in [2.05, 4.69) is 10.2 Å². The summed E-state index contributed by atoms with van der Waals surface area (Å²) >= 11 is 0. The molecule has 0 unspecified atom stereocenters. The van der Waals surface area contributed by atoms with Crippen molar-refractivity contribution in [3.63, 3.8) is 0 Å². The Hall–Kier alpha value is -2.78. The van der Waals surface area contributed by atoms with Crippen LogP contribution >= 0.6 is 0 Å². The predicted octanol–water partition coefficient (Wildman–Crippen LogP) is 2.96. The molecule has 2 aromatic carbocycles. The molecule has 0 atom stereocenters. The van der Waals surface area contributed by atoms with Gasteiger partial charge in [0.05, 0.1) is 10.6 Å². The molecule has 0 saturated carbocycles. The van der Waals surface area contributed by atoms with Gasteiger partial charge in [0.15, 0.2) is 0 Å². The number of halogens is 1. The lowest BCUT2D eigenvalue weighted by atomic mass is 9.94. The molecule has 9 heteroatoms. The lowest BCUT2D eigenvalue weighted by Gasteiger charge is -2.31. The van der Waals surface area contributed by atoms with Gasteiger partial charge in [0.1, 0.15) is 11.6 Å². The number of rotatable bonds is 5. The molecule has 7 nitrogen and oxygen atoms in total. The molecular formula is C22H25FN4O3S. The van der Waals surface area contributed by atoms with Crippen LogP contribution in [0.1, 0.15) is 29.8 Å². The van der Waals surface area contributed by atoms with Gasteiger partial charge in [-0.3, -0.25) is 0 Å². The summed E-state index contributed by atoms with van der Waals surface area (Å²) < 4.78 is 43.0. The van der Waals surface area contributed by atoms with Crippen molar-refractivity contribution in [3.8, 4) is 5.69 Å². The topological polar surface area (TPSA) is 88.1 Å². The van der Waals surface area contributed by atoms with Crippen LogP contribution in [-0.4, -0.2) is 40.6 Å². The van der Waals surface area contributed by atoms with Crippen molar-refractivity contribution in [1.29, 1.82) is 0 Å². The number of benzene rings is 2. The molecule has 164 valence electrons. The van der Waals surface area contributed by atoms with Crippen LogP contribution in [0.15, 0.2) is 52.2 Å². The molecule has 1 saturated heterocycles. The maximum Gasteiger partial charge on any atom is 0.348 e. The summed E-state index contributed by atoms with van der Waals surface area (Å²) in [7, 11) is -3.54. The van der Waals surface area contributed by atoms with Crippen molar-refractivity contribution in [2.45, 2.75) is 38.0 Å². The molecule has 0 radical (unpaired) electrons. The van der Waals surface area contributed by atoms with Gasteiger partial charge >= 0.3 is 5.69 Å². The number of piperidine rings is 1. The Balaban J connectivity index is 1.48. The largest absolute Gasteiger partial charge is 0.348 e. The summed E-state index contributed by atoms with van der Waals surface area (Å²) in [5.74, 6) is 0.0963. The minimum absolute atomic E-state index is 0.145. The maximum atomic E-state index is 14.2. The van der Waals surface area contributed by atoms with Gasteiger partial charge in [0, 0.05) is 19.5 Å². The third-order valence-corrected chi connectivity index (χ3v) is 7.89. The number of hydrogen-bond donors (Lipinski definition) is 1. The average molecular weight is 445 g/mol. The average Bonchev–Trinajstić information content (AvgIpc) is 3.10. The van der Waals surface area contributed by atoms with E-state index < -0.39 is 21.5 Å². The normalized spacial score (nSPS) is 16.0. The fourth-order valence-electron chi connectivity index (χ4n) is 3.98. The lowest BCUT2D eigenvalue weighted by Crippen LogP contribution is -2.39. The Morgan fingerprint density at radius 2 is 1.81 bits per heavy atom. The highest BCUT2D eigenvalue weighted by Crippen LogP contribution is 2.27. The monoisotopic (exact) mass is 444 g/mol. The summed E-state index contributed by atoms with van der Waals surface area (Å²) in [6.07, 6.45) is 1.75. The summed E-state index contributed by atoms with van der Waals surface area (Å²) in [5, 5.41) is 6.49. The van der Waals surface area contributed by atoms with Crippen molar-refractivity contribution in [2.75, 3.05) is 13.1 Å². The van der Waals surface area contributed by atoms with Gasteiger partial charge in [-0.2, -0.15) is 9.40 Å². The third kappa shape index (κ3) is 4.20. The number of aromatic nitrogens is 3. The van der Waals surface area contributed by atoms with Crippen LogP contribution in [0.2, 0.25) is 0 Å². The first-order valence-corrected chi connectivity index (χ1v) is 11.7. The minimum Gasteiger partial charge on any atom is -0.246 e. The second kappa shape index (κ2) is 8.39. The predicted molar refractivity (Wildman–Crippen MR) is 115 cm³/mol. The Morgan fingerprint density at radius 1 is 1.10 bits per heavy atom. The maximum absolute atomic E-state index is 14.2. The summed E-state index contributed by atoms with van der Waals surface area (Å²) in [6, 6.07) is 11.3. The minimum atomic E-state index is -3.54. The number of H-pyrrole nitrogens is 1. The second-order valence-corrected chi connectivity index (χ2v) is 9.97. The zero-order valence-corrected chi connectivity index (χ0v) is 18.3. The molecular weight excluding hydrogens is 419 g/mol. The molecule has 1 aliphatic rings. The molecule has 2 heterocycles. The van der Waals surface area contributed by atoms with E-state index in [-0.39, 0.29) is 11.6 Å². The Kier molecular flexibility index (Phi) is 5.81. The lowest BCUT2D eigenvalue weighted by molar-refractivity contribution is 0.269. The number of aryl methyl sites for hydroxylation is 2. The Labute approximate surface area is 180 Å². The van der Waals surface area contributed by atoms with Crippen LogP contribution in [0.4, 0.5) is 4.39 Å². The second-order valence-electron chi connectivity index (χ2n) is 8.03. The van der Waals surface area contributed by atoms with Crippen LogP contribution in [0.5, 0.6) is 0 Å². The number of para-hydroxylation sites is 1. The standard InChI is InChI=1S/C22H25FN4O3S/c1-15-7-8-18(13-16(15)2)31(29,30)26-11-9-17(10-12-26)14-21-24-25-22(28)27(21)20-6-4-3-5-19(20)23/h3-8,13,17H,9-12,14H2,1-2H3,(H,25,28). The first kappa shape index (κ1) is 21.5. The molecule has 1 aliphatic heterocycles. The molecule has 1 N–H and O–H groups in total. The summed E-state index contributed by atoms with van der Waals surface area (Å²) in [4.78, 5) is 12.5. The van der Waals surface area contributed by atoms with Crippen molar-refractivity contribution < 1.29 is 12.8 Å². The number of nitrogens with one attached hydrogen (secondary N) is 1. The summed E-state index contributed by atoms with van der Waals surface area (Å²) in [5.41, 5.74) is 1.67. The van der Waals surface area contributed by atoms with Gasteiger partial charge in [0.2, 0.25) is 10.0 Å². The smallest absolute Gasteiger partial charge is 0.246 e. The molecule has 4 rings (SSSR count). The highest BCUT2D eigenvalue weighted by molar-refractivity contribution is 7.89. The van der Waals surface area contributed by atoms with E-state index in [0.29, 0.717) is 43.1 Å². The molecule has 1 fully saturated rings. The fraction of sp³-hybridized carbons (Fsp3) is 0.364. The molecule has 31 heavy (non-hydrogen) atoms. The van der Waals surface area contributed by atoms with E-state index in [9.17, 15) is 17.6 Å². The van der Waals surface area contributed by atoms with Gasteiger partial charge in [-0.15, -0.1) is 0 Å². The number of sulfonamides is 1. The van der Waals surface area contributed by atoms with E-state index in [0.717, 1.165) is 11.1 Å². The van der Waals surface area contributed by atoms with Gasteiger partial charge in [-0.25, -0.2) is 27.3 Å². The zero-order valence-electron chi connectivity index (χ0n) is 17.5. The molecule has 0 aliphatic carbocycles. The van der Waals surface area contributed by atoms with Crippen molar-refractivity contribution in [3.05, 3.63) is 75.7 Å². The SMILES string of the molecule is Cc1ccc(S(=O)(=O)N2CCC(Cc3n[nH]c(=O)n3-c3ccccc3F)CC2)cc1C. The Morgan fingerprint density at radius 3 is 2.48 bits per heavy atom. The number of nitrogens with zero attached hydrogens (tertiary/aromatic N) is 3. The molecule has 0 bridgehead atoms. The van der Waals surface area contributed by atoms with Crippen molar-refractivity contribution in [1.82, 2.24) is 19.1 Å². The molecule has 3 aromatic rings. The van der Waals surface area contributed by atoms with E-state index in [1.807, 2.05) is 19.9 Å². The summed E-state index contributed by atoms with van der Waals surface area (Å²) in [6.45, 7) is 4.65. The Bertz CT molecular complexity index is 1260.